The largest absolute Gasteiger partial charge is 0.481 e. The minimum Gasteiger partial charge on any atom is -0.481 e. The number of piperidine rings is 2. The lowest BCUT2D eigenvalue weighted by Crippen LogP contribution is -2.56. The highest BCUT2D eigenvalue weighted by Gasteiger charge is 2.50. The first-order chi connectivity index (χ1) is 26.7. The van der Waals surface area contributed by atoms with E-state index in [0.717, 1.165) is 53.5 Å². The van der Waals surface area contributed by atoms with Crippen molar-refractivity contribution in [3.63, 3.8) is 0 Å². The summed E-state index contributed by atoms with van der Waals surface area (Å²) in [5.74, 6) is 0.245. The van der Waals surface area contributed by atoms with Crippen molar-refractivity contribution in [1.82, 2.24) is 35.5 Å². The molecule has 2 aromatic carbocycles. The quantitative estimate of drug-likeness (QED) is 0.141. The summed E-state index contributed by atoms with van der Waals surface area (Å²) in [7, 11) is 3.10. The Balaban J connectivity index is 0.994. The first kappa shape index (κ1) is 37.4. The van der Waals surface area contributed by atoms with Crippen LogP contribution in [-0.2, 0) is 29.1 Å². The molecule has 0 unspecified atom stereocenters. The molecule has 3 N–H and O–H groups in total. The minimum absolute atomic E-state index is 0.0823. The number of ether oxygens (including phenoxy) is 3. The molecule has 0 radical (unpaired) electrons. The van der Waals surface area contributed by atoms with Crippen LogP contribution in [0.1, 0.15) is 73.6 Å². The Morgan fingerprint density at radius 2 is 1.69 bits per heavy atom. The third-order valence-corrected chi connectivity index (χ3v) is 12.3. The number of carbonyl (C=O) groups is 2. The summed E-state index contributed by atoms with van der Waals surface area (Å²) in [5, 5.41) is 17.0. The van der Waals surface area contributed by atoms with Gasteiger partial charge in [0.25, 0.3) is 5.88 Å². The zero-order valence-electron chi connectivity index (χ0n) is 30.7. The molecule has 1 amide bonds. The molecule has 15 heteroatoms. The van der Waals surface area contributed by atoms with Crippen LogP contribution in [0.15, 0.2) is 42.6 Å². The number of hydrogen-bond donors (Lipinski definition) is 3. The van der Waals surface area contributed by atoms with E-state index in [9.17, 15) is 14.7 Å². The topological polar surface area (TPSA) is 161 Å². The smallest absolute Gasteiger partial charge is 0.310 e. The van der Waals surface area contributed by atoms with E-state index in [-0.39, 0.29) is 29.1 Å². The summed E-state index contributed by atoms with van der Waals surface area (Å²) in [5.41, 5.74) is 5.81. The number of aromatic nitrogens is 4. The minimum atomic E-state index is -0.733. The predicted molar refractivity (Wildman–Crippen MR) is 205 cm³/mol. The van der Waals surface area contributed by atoms with Gasteiger partial charge in [0.1, 0.15) is 17.5 Å². The van der Waals surface area contributed by atoms with Crippen LogP contribution in [0.25, 0.3) is 22.4 Å². The predicted octanol–water partition coefficient (Wildman–Crippen LogP) is 6.19. The van der Waals surface area contributed by atoms with Crippen LogP contribution in [0.5, 0.6) is 17.6 Å². The summed E-state index contributed by atoms with van der Waals surface area (Å²) in [6.07, 6.45) is 7.27. The van der Waals surface area contributed by atoms with Crippen LogP contribution in [0.3, 0.4) is 0 Å². The number of benzene rings is 2. The molecule has 4 aromatic rings. The Bertz CT molecular complexity index is 2130. The maximum atomic E-state index is 12.1. The second-order valence-electron chi connectivity index (χ2n) is 14.8. The molecule has 2 bridgehead atoms. The van der Waals surface area contributed by atoms with Crippen molar-refractivity contribution in [1.29, 1.82) is 0 Å². The molecule has 5 heterocycles. The summed E-state index contributed by atoms with van der Waals surface area (Å²) in [6, 6.07) is 12.4. The highest BCUT2D eigenvalue weighted by Crippen LogP contribution is 2.47. The number of nitrogens with zero attached hydrogens (tertiary/aromatic N) is 5. The molecule has 9 rings (SSSR count). The maximum Gasteiger partial charge on any atom is 0.310 e. The summed E-state index contributed by atoms with van der Waals surface area (Å²) in [4.78, 5) is 44.6. The first-order valence-electron chi connectivity index (χ1n) is 18.7. The Labute approximate surface area is 329 Å². The zero-order valence-corrected chi connectivity index (χ0v) is 32.3. The molecule has 4 fully saturated rings. The second kappa shape index (κ2) is 15.5. The van der Waals surface area contributed by atoms with Crippen LogP contribution >= 0.6 is 23.2 Å². The molecule has 2 atom stereocenters. The fraction of sp³-hybridized carbons (Fsp3) is 0.450. The number of carboxylic acid groups (broad SMARTS) is 1. The van der Waals surface area contributed by atoms with Gasteiger partial charge < -0.3 is 30.0 Å². The monoisotopic (exact) mass is 787 g/mol. The number of halogens is 2. The summed E-state index contributed by atoms with van der Waals surface area (Å²) in [6.45, 7) is 1.94. The van der Waals surface area contributed by atoms with Gasteiger partial charge in [-0.15, -0.1) is 0 Å². The van der Waals surface area contributed by atoms with Crippen LogP contribution in [0, 0.1) is 5.41 Å². The van der Waals surface area contributed by atoms with Gasteiger partial charge in [0.2, 0.25) is 17.7 Å². The van der Waals surface area contributed by atoms with Crippen molar-refractivity contribution in [2.24, 2.45) is 5.41 Å². The average molecular weight is 789 g/mol. The van der Waals surface area contributed by atoms with Gasteiger partial charge in [0.05, 0.1) is 36.5 Å². The Kier molecular flexibility index (Phi) is 10.5. The third-order valence-electron chi connectivity index (χ3n) is 11.6. The van der Waals surface area contributed by atoms with E-state index in [1.165, 1.54) is 7.11 Å². The average Bonchev–Trinajstić information content (AvgIpc) is 3.81. The second-order valence-corrected chi connectivity index (χ2v) is 15.6. The van der Waals surface area contributed by atoms with Crippen LogP contribution in [0.4, 0.5) is 0 Å². The summed E-state index contributed by atoms with van der Waals surface area (Å²) >= 11 is 13.9. The Morgan fingerprint density at radius 1 is 0.945 bits per heavy atom. The van der Waals surface area contributed by atoms with Gasteiger partial charge in [-0.05, 0) is 61.6 Å². The molecule has 13 nitrogen and oxygen atoms in total. The van der Waals surface area contributed by atoms with Crippen LogP contribution in [0.2, 0.25) is 10.2 Å². The van der Waals surface area contributed by atoms with E-state index in [1.54, 1.807) is 13.3 Å². The number of fused-ring (bicyclic) bond motifs is 4. The standard InChI is InChI=1S/C40H43Cl2N7O6/c1-53-36-30(18-43-17-22-9-12-33(50)45-22)44-19-29(47-36)28-8-4-7-27(34(28)41)24-5-3-6-26-25(24)10-11-32(26)55-38-35(42)46-31(37(48-38)54-2)20-49-21-40(39(51)52)15-13-23(49)14-16-40/h3-8,19,22-23,32,43H,9-18,20-21H2,1-2H3,(H,45,50)(H,51,52)/t22-,23?,32-,40?/m0/s1. The van der Waals surface area contributed by atoms with E-state index in [2.05, 4.69) is 42.6 Å². The molecule has 5 aliphatic rings. The fourth-order valence-electron chi connectivity index (χ4n) is 8.68. The number of carbonyl (C=O) groups excluding carboxylic acids is 1. The lowest BCUT2D eigenvalue weighted by atomic mass is 9.67. The number of carboxylic acids is 1. The maximum absolute atomic E-state index is 12.1. The molecule has 2 aromatic heterocycles. The third kappa shape index (κ3) is 7.30. The van der Waals surface area contributed by atoms with E-state index in [1.807, 2.05) is 24.3 Å². The molecule has 3 saturated heterocycles. The summed E-state index contributed by atoms with van der Waals surface area (Å²) < 4.78 is 17.7. The van der Waals surface area contributed by atoms with Crippen molar-refractivity contribution in [3.8, 4) is 40.0 Å². The Morgan fingerprint density at radius 3 is 2.44 bits per heavy atom. The molecule has 3 aliphatic heterocycles. The molecule has 0 spiro atoms. The molecule has 288 valence electrons. The number of rotatable bonds is 13. The molecule has 55 heavy (non-hydrogen) atoms. The van der Waals surface area contributed by atoms with Gasteiger partial charge in [-0.25, -0.2) is 9.97 Å². The van der Waals surface area contributed by atoms with Crippen molar-refractivity contribution < 1.29 is 28.9 Å². The van der Waals surface area contributed by atoms with Crippen LogP contribution in [-0.4, -0.2) is 81.2 Å². The number of nitrogens with one attached hydrogen (secondary N) is 2. The fourth-order valence-corrected chi connectivity index (χ4v) is 9.20. The first-order valence-corrected chi connectivity index (χ1v) is 19.5. The van der Waals surface area contributed by atoms with Crippen molar-refractivity contribution in [2.75, 3.05) is 27.3 Å². The Hall–Kier alpha value is -4.56. The number of methoxy groups -OCH3 is 2. The van der Waals surface area contributed by atoms with Gasteiger partial charge in [-0.1, -0.05) is 59.6 Å². The van der Waals surface area contributed by atoms with Crippen LogP contribution < -0.4 is 24.8 Å². The van der Waals surface area contributed by atoms with E-state index in [4.69, 9.17) is 42.4 Å². The lowest BCUT2D eigenvalue weighted by molar-refractivity contribution is -0.160. The van der Waals surface area contributed by atoms with Gasteiger partial charge in [0, 0.05) is 55.8 Å². The molecular formula is C40H43Cl2N7O6. The lowest BCUT2D eigenvalue weighted by Gasteiger charge is -2.50. The van der Waals surface area contributed by atoms with Crippen molar-refractivity contribution in [3.05, 3.63) is 75.3 Å². The highest BCUT2D eigenvalue weighted by molar-refractivity contribution is 6.36. The zero-order chi connectivity index (χ0) is 38.3. The number of hydrogen-bond acceptors (Lipinski definition) is 11. The molecular weight excluding hydrogens is 745 g/mol. The normalized spacial score (nSPS) is 23.1. The number of aliphatic carboxylic acids is 1. The number of amides is 1. The van der Waals surface area contributed by atoms with E-state index < -0.39 is 11.4 Å². The van der Waals surface area contributed by atoms with Gasteiger partial charge in [0.15, 0.2) is 5.15 Å². The molecule has 1 saturated carbocycles. The van der Waals surface area contributed by atoms with Gasteiger partial charge >= 0.3 is 5.97 Å². The van der Waals surface area contributed by atoms with Crippen molar-refractivity contribution in [2.45, 2.75) is 82.6 Å². The van der Waals surface area contributed by atoms with Gasteiger partial charge in [-0.3, -0.25) is 19.5 Å². The van der Waals surface area contributed by atoms with E-state index >= 15 is 0 Å². The van der Waals surface area contributed by atoms with Gasteiger partial charge in [-0.2, -0.15) is 4.98 Å². The molecule has 2 aliphatic carbocycles. The van der Waals surface area contributed by atoms with E-state index in [0.29, 0.717) is 91.8 Å². The SMILES string of the molecule is COc1nc(-c2cccc(-c3cccc4c3CC[C@@H]4Oc3nc(OC)c(CN4CC5(C(=O)O)CCC4CC5)nc3Cl)c2Cl)cnc1CNC[C@@H]1CCC(=O)N1. The van der Waals surface area contributed by atoms with Crippen molar-refractivity contribution >= 4 is 35.1 Å². The highest BCUT2D eigenvalue weighted by atomic mass is 35.5.